The summed E-state index contributed by atoms with van der Waals surface area (Å²) in [4.78, 5) is 11.7. The Morgan fingerprint density at radius 3 is 1.81 bits per heavy atom. The van der Waals surface area contributed by atoms with Crippen LogP contribution in [0.4, 0.5) is 4.79 Å². The Bertz CT molecular complexity index is 775. The first-order valence-corrected chi connectivity index (χ1v) is 13.4. The number of unbranched alkanes of at least 4 members (excludes halogenated alkanes) is 2. The van der Waals surface area contributed by atoms with Crippen LogP contribution in [-0.4, -0.2) is 33.2 Å². The first kappa shape index (κ1) is 26.1. The Morgan fingerprint density at radius 1 is 0.812 bits per heavy atom. The molecule has 0 saturated carbocycles. The van der Waals surface area contributed by atoms with Crippen molar-refractivity contribution in [3.05, 3.63) is 60.7 Å². The quantitative estimate of drug-likeness (QED) is 0.307. The molecule has 0 radical (unpaired) electrons. The fourth-order valence-electron chi connectivity index (χ4n) is 3.92. The summed E-state index contributed by atoms with van der Waals surface area (Å²) in [5.41, 5.74) is 5.02. The third-order valence-corrected chi connectivity index (χ3v) is 10.3. The zero-order valence-corrected chi connectivity index (χ0v) is 21.5. The molecule has 0 unspecified atom stereocenters. The highest BCUT2D eigenvalue weighted by atomic mass is 28.4. The van der Waals surface area contributed by atoms with Crippen LogP contribution in [0.1, 0.15) is 60.8 Å². The SMILES string of the molecule is CC(C)(C)OC(=O)NNCCCCCO[Si](c1ccccc1)(c1ccccc1)C(C)(C)C. The fraction of sp³-hybridized carbons (Fsp3) is 0.500. The van der Waals surface area contributed by atoms with Crippen LogP contribution in [0.15, 0.2) is 60.7 Å². The lowest BCUT2D eigenvalue weighted by molar-refractivity contribution is 0.0498. The highest BCUT2D eigenvalue weighted by molar-refractivity contribution is 6.99. The van der Waals surface area contributed by atoms with Gasteiger partial charge in [0.05, 0.1) is 0 Å². The number of amides is 1. The minimum atomic E-state index is -2.45. The molecule has 0 bridgehead atoms. The van der Waals surface area contributed by atoms with E-state index >= 15 is 0 Å². The predicted molar refractivity (Wildman–Crippen MR) is 135 cm³/mol. The first-order valence-electron chi connectivity index (χ1n) is 11.5. The normalized spacial score (nSPS) is 12.4. The summed E-state index contributed by atoms with van der Waals surface area (Å²) in [5.74, 6) is 0. The van der Waals surface area contributed by atoms with Gasteiger partial charge in [-0.2, -0.15) is 0 Å². The number of carbonyl (C=O) groups is 1. The molecule has 0 atom stereocenters. The van der Waals surface area contributed by atoms with E-state index in [0.717, 1.165) is 19.3 Å². The molecule has 0 fully saturated rings. The van der Waals surface area contributed by atoms with E-state index in [2.05, 4.69) is 92.3 Å². The number of carbonyl (C=O) groups excluding carboxylic acids is 1. The molecule has 2 N–H and O–H groups in total. The van der Waals surface area contributed by atoms with Crippen molar-refractivity contribution in [2.75, 3.05) is 13.2 Å². The van der Waals surface area contributed by atoms with E-state index in [9.17, 15) is 4.79 Å². The molecule has 0 aliphatic rings. The molecule has 0 spiro atoms. The molecular formula is C26H40N2O3Si. The standard InChI is InChI=1S/C26H40N2O3Si/c1-25(2,3)31-24(29)28-27-20-14-9-15-21-30-32(26(4,5)6,22-16-10-7-11-17-22)23-18-12-8-13-19-23/h7-8,10-13,16-19,27H,9,14-15,20-21H2,1-6H3,(H,28,29). The Balaban J connectivity index is 1.93. The highest BCUT2D eigenvalue weighted by Crippen LogP contribution is 2.36. The van der Waals surface area contributed by atoms with Gasteiger partial charge in [0.2, 0.25) is 0 Å². The lowest BCUT2D eigenvalue weighted by Crippen LogP contribution is -2.66. The molecule has 2 rings (SSSR count). The first-order chi connectivity index (χ1) is 15.1. The van der Waals surface area contributed by atoms with Crippen molar-refractivity contribution >= 4 is 24.8 Å². The summed E-state index contributed by atoms with van der Waals surface area (Å²) in [5, 5.41) is 2.61. The average Bonchev–Trinajstić information content (AvgIpc) is 2.72. The van der Waals surface area contributed by atoms with Crippen molar-refractivity contribution in [2.24, 2.45) is 0 Å². The maximum absolute atomic E-state index is 11.7. The third-order valence-electron chi connectivity index (χ3n) is 5.27. The van der Waals surface area contributed by atoms with E-state index in [-0.39, 0.29) is 5.04 Å². The van der Waals surface area contributed by atoms with Gasteiger partial charge in [-0.3, -0.25) is 5.43 Å². The van der Waals surface area contributed by atoms with E-state index in [4.69, 9.17) is 9.16 Å². The maximum atomic E-state index is 11.7. The molecule has 0 heterocycles. The zero-order valence-electron chi connectivity index (χ0n) is 20.5. The van der Waals surface area contributed by atoms with Gasteiger partial charge in [0.1, 0.15) is 5.60 Å². The van der Waals surface area contributed by atoms with E-state index in [1.54, 1.807) is 0 Å². The van der Waals surface area contributed by atoms with Gasteiger partial charge in [-0.05, 0) is 55.4 Å². The number of hydrogen-bond acceptors (Lipinski definition) is 4. The van der Waals surface area contributed by atoms with Crippen molar-refractivity contribution in [1.29, 1.82) is 0 Å². The number of benzene rings is 2. The topological polar surface area (TPSA) is 59.6 Å². The number of hydrogen-bond donors (Lipinski definition) is 2. The molecule has 176 valence electrons. The van der Waals surface area contributed by atoms with Crippen LogP contribution in [0.5, 0.6) is 0 Å². The van der Waals surface area contributed by atoms with Crippen LogP contribution in [0.2, 0.25) is 5.04 Å². The fourth-order valence-corrected chi connectivity index (χ4v) is 8.52. The third kappa shape index (κ3) is 7.47. The van der Waals surface area contributed by atoms with E-state index < -0.39 is 20.0 Å². The molecule has 6 heteroatoms. The Labute approximate surface area is 195 Å². The second-order valence-electron chi connectivity index (χ2n) is 10.1. The molecule has 2 aromatic rings. The Kier molecular flexibility index (Phi) is 9.49. The molecule has 2 aromatic carbocycles. The van der Waals surface area contributed by atoms with Crippen LogP contribution >= 0.6 is 0 Å². The molecule has 5 nitrogen and oxygen atoms in total. The van der Waals surface area contributed by atoms with Crippen molar-refractivity contribution < 1.29 is 14.0 Å². The largest absolute Gasteiger partial charge is 0.443 e. The summed E-state index contributed by atoms with van der Waals surface area (Å²) in [6.07, 6.45) is 2.48. The molecule has 0 saturated heterocycles. The Hall–Kier alpha value is -2.15. The van der Waals surface area contributed by atoms with Crippen molar-refractivity contribution in [3.8, 4) is 0 Å². The van der Waals surface area contributed by atoms with Crippen LogP contribution in [0, 0.1) is 0 Å². The molecule has 32 heavy (non-hydrogen) atoms. The number of hydrazine groups is 1. The lowest BCUT2D eigenvalue weighted by Gasteiger charge is -2.43. The van der Waals surface area contributed by atoms with Gasteiger partial charge in [0.15, 0.2) is 0 Å². The smallest absolute Gasteiger partial charge is 0.422 e. The van der Waals surface area contributed by atoms with Gasteiger partial charge in [0.25, 0.3) is 8.32 Å². The molecule has 0 aliphatic heterocycles. The zero-order chi connectivity index (χ0) is 23.7. The summed E-state index contributed by atoms with van der Waals surface area (Å²) in [6, 6.07) is 21.4. The predicted octanol–water partition coefficient (Wildman–Crippen LogP) is 4.76. The van der Waals surface area contributed by atoms with Gasteiger partial charge in [-0.1, -0.05) is 81.4 Å². The highest BCUT2D eigenvalue weighted by Gasteiger charge is 2.49. The minimum absolute atomic E-state index is 0.00536. The molecular weight excluding hydrogens is 416 g/mol. The number of nitrogens with one attached hydrogen (secondary N) is 2. The summed E-state index contributed by atoms with van der Waals surface area (Å²) < 4.78 is 12.1. The molecule has 0 aliphatic carbocycles. The van der Waals surface area contributed by atoms with Crippen LogP contribution in [0.25, 0.3) is 0 Å². The molecule has 0 aromatic heterocycles. The monoisotopic (exact) mass is 456 g/mol. The Morgan fingerprint density at radius 2 is 1.34 bits per heavy atom. The van der Waals surface area contributed by atoms with Gasteiger partial charge in [0, 0.05) is 13.2 Å². The van der Waals surface area contributed by atoms with E-state index in [0.29, 0.717) is 13.2 Å². The molecule has 1 amide bonds. The summed E-state index contributed by atoms with van der Waals surface area (Å²) in [6.45, 7) is 13.8. The minimum Gasteiger partial charge on any atom is -0.443 e. The van der Waals surface area contributed by atoms with Crippen molar-refractivity contribution in [2.45, 2.75) is 71.4 Å². The van der Waals surface area contributed by atoms with E-state index in [1.807, 2.05) is 20.8 Å². The average molecular weight is 457 g/mol. The van der Waals surface area contributed by atoms with Gasteiger partial charge in [-0.25, -0.2) is 10.2 Å². The number of ether oxygens (including phenoxy) is 1. The lowest BCUT2D eigenvalue weighted by atomic mass is 10.2. The van der Waals surface area contributed by atoms with Crippen LogP contribution < -0.4 is 21.2 Å². The van der Waals surface area contributed by atoms with Gasteiger partial charge < -0.3 is 9.16 Å². The van der Waals surface area contributed by atoms with Crippen molar-refractivity contribution in [3.63, 3.8) is 0 Å². The number of rotatable bonds is 10. The van der Waals surface area contributed by atoms with Crippen LogP contribution in [0.3, 0.4) is 0 Å². The van der Waals surface area contributed by atoms with Gasteiger partial charge >= 0.3 is 6.09 Å². The van der Waals surface area contributed by atoms with Gasteiger partial charge in [-0.15, -0.1) is 0 Å². The van der Waals surface area contributed by atoms with Crippen molar-refractivity contribution in [1.82, 2.24) is 10.9 Å². The second kappa shape index (κ2) is 11.6. The maximum Gasteiger partial charge on any atom is 0.422 e. The summed E-state index contributed by atoms with van der Waals surface area (Å²) in [7, 11) is -2.45. The summed E-state index contributed by atoms with van der Waals surface area (Å²) >= 11 is 0. The van der Waals surface area contributed by atoms with Crippen LogP contribution in [-0.2, 0) is 9.16 Å². The van der Waals surface area contributed by atoms with E-state index in [1.165, 1.54) is 10.4 Å². The second-order valence-corrected chi connectivity index (χ2v) is 14.4.